The highest BCUT2D eigenvalue weighted by molar-refractivity contribution is 5.89. The lowest BCUT2D eigenvalue weighted by Crippen LogP contribution is -2.06. The molecule has 1 N–H and O–H groups in total. The largest absolute Gasteiger partial charge is 0.462 e. The average Bonchev–Trinajstić information content (AvgIpc) is 2.29. The Morgan fingerprint density at radius 2 is 2.00 bits per heavy atom. The number of benzene rings is 1. The molecule has 0 saturated carbocycles. The lowest BCUT2D eigenvalue weighted by atomic mass is 10.2. The van der Waals surface area contributed by atoms with E-state index in [0.717, 1.165) is 12.8 Å². The molecule has 0 aliphatic rings. The minimum absolute atomic E-state index is 0.346. The predicted octanol–water partition coefficient (Wildman–Crippen LogP) is 2.40. The topological polar surface area (TPSA) is 58.2 Å². The van der Waals surface area contributed by atoms with Gasteiger partial charge in [-0.05, 0) is 30.7 Å². The van der Waals surface area contributed by atoms with Gasteiger partial charge in [0.1, 0.15) is 0 Å². The lowest BCUT2D eigenvalue weighted by molar-refractivity contribution is 0.0499. The molecule has 15 heavy (non-hydrogen) atoms. The van der Waals surface area contributed by atoms with E-state index in [1.54, 1.807) is 29.7 Å². The van der Waals surface area contributed by atoms with Crippen LogP contribution in [0.3, 0.4) is 0 Å². The zero-order valence-electron chi connectivity index (χ0n) is 8.66. The number of carbonyl (C=O) groups excluding carboxylic acids is 1. The van der Waals surface area contributed by atoms with Crippen LogP contribution in [0, 0.1) is 0 Å². The summed E-state index contributed by atoms with van der Waals surface area (Å²) in [5.74, 6) is -0.346. The van der Waals surface area contributed by atoms with Gasteiger partial charge in [0.25, 0.3) is 0 Å². The highest BCUT2D eigenvalue weighted by Gasteiger charge is 2.05. The summed E-state index contributed by atoms with van der Waals surface area (Å²) in [5, 5.41) is 10.3. The van der Waals surface area contributed by atoms with Crippen molar-refractivity contribution in [1.82, 2.24) is 0 Å². The third kappa shape index (κ3) is 3.59. The zero-order valence-corrected chi connectivity index (χ0v) is 8.66. The van der Waals surface area contributed by atoms with Gasteiger partial charge in [0.2, 0.25) is 0 Å². The minimum Gasteiger partial charge on any atom is -0.462 e. The Balaban J connectivity index is 2.50. The van der Waals surface area contributed by atoms with E-state index in [4.69, 9.17) is 4.74 Å². The molecule has 0 spiro atoms. The van der Waals surface area contributed by atoms with Gasteiger partial charge in [0.15, 0.2) is 0 Å². The molecule has 0 amide bonds. The van der Waals surface area contributed by atoms with Crippen molar-refractivity contribution in [2.24, 2.45) is 0 Å². The van der Waals surface area contributed by atoms with E-state index in [9.17, 15) is 10.0 Å². The molecule has 0 saturated heterocycles. The molecule has 0 bridgehead atoms. The molecule has 0 unspecified atom stereocenters. The molecule has 81 valence electrons. The lowest BCUT2D eigenvalue weighted by Gasteiger charge is -2.04. The van der Waals surface area contributed by atoms with Crippen molar-refractivity contribution in [3.05, 3.63) is 29.8 Å². The molecule has 0 fully saturated rings. The van der Waals surface area contributed by atoms with Gasteiger partial charge in [0, 0.05) is 0 Å². The maximum atomic E-state index is 11.4. The standard InChI is InChI=1S/C11H14NO3/c1-2-3-8-15-11(13)9-4-6-10(12-14)7-5-9/h4-7,12H,2-3,8H2,1H3. The van der Waals surface area contributed by atoms with Gasteiger partial charge < -0.3 is 4.74 Å². The van der Waals surface area contributed by atoms with Crippen LogP contribution in [-0.2, 0) is 9.94 Å². The number of carbonyl (C=O) groups is 1. The van der Waals surface area contributed by atoms with Crippen LogP contribution in [0.25, 0.3) is 0 Å². The van der Waals surface area contributed by atoms with Gasteiger partial charge in [-0.1, -0.05) is 18.6 Å². The van der Waals surface area contributed by atoms with Gasteiger partial charge in [-0.25, -0.2) is 10.3 Å². The molecule has 0 atom stereocenters. The summed E-state index contributed by atoms with van der Waals surface area (Å²) < 4.78 is 5.00. The van der Waals surface area contributed by atoms with Gasteiger partial charge >= 0.3 is 5.97 Å². The van der Waals surface area contributed by atoms with Crippen LogP contribution < -0.4 is 5.48 Å². The van der Waals surface area contributed by atoms with E-state index in [-0.39, 0.29) is 5.97 Å². The van der Waals surface area contributed by atoms with E-state index < -0.39 is 0 Å². The van der Waals surface area contributed by atoms with E-state index in [0.29, 0.717) is 17.9 Å². The Morgan fingerprint density at radius 3 is 2.53 bits per heavy atom. The van der Waals surface area contributed by atoms with Crippen LogP contribution >= 0.6 is 0 Å². The maximum Gasteiger partial charge on any atom is 0.338 e. The zero-order chi connectivity index (χ0) is 11.1. The van der Waals surface area contributed by atoms with Gasteiger partial charge in [-0.3, -0.25) is 0 Å². The summed E-state index contributed by atoms with van der Waals surface area (Å²) in [5.41, 5.74) is 2.64. The molecule has 0 aliphatic carbocycles. The monoisotopic (exact) mass is 208 g/mol. The fourth-order valence-electron chi connectivity index (χ4n) is 1.07. The van der Waals surface area contributed by atoms with Crippen LogP contribution in [0.15, 0.2) is 24.3 Å². The van der Waals surface area contributed by atoms with Gasteiger partial charge in [-0.2, -0.15) is 0 Å². The molecule has 1 rings (SSSR count). The molecule has 1 aromatic rings. The molecule has 1 radical (unpaired) electrons. The van der Waals surface area contributed by atoms with E-state index in [1.807, 2.05) is 6.92 Å². The van der Waals surface area contributed by atoms with Crippen LogP contribution in [0.5, 0.6) is 0 Å². The van der Waals surface area contributed by atoms with Gasteiger partial charge in [0.05, 0.1) is 17.9 Å². The molecule has 0 heterocycles. The average molecular weight is 208 g/mol. The van der Waals surface area contributed by atoms with Crippen molar-refractivity contribution >= 4 is 11.7 Å². The fourth-order valence-corrected chi connectivity index (χ4v) is 1.07. The molecular weight excluding hydrogens is 194 g/mol. The highest BCUT2D eigenvalue weighted by Crippen LogP contribution is 2.09. The first kappa shape index (κ1) is 11.5. The van der Waals surface area contributed by atoms with Crippen molar-refractivity contribution in [2.45, 2.75) is 19.8 Å². The Kier molecular flexibility index (Phi) is 4.63. The number of nitrogens with one attached hydrogen (secondary N) is 1. The number of hydrogen-bond donors (Lipinski definition) is 1. The summed E-state index contributed by atoms with van der Waals surface area (Å²) in [4.78, 5) is 11.4. The van der Waals surface area contributed by atoms with Crippen LogP contribution in [-0.4, -0.2) is 12.6 Å². The molecule has 4 heteroatoms. The first-order chi connectivity index (χ1) is 7.27. The normalized spacial score (nSPS) is 9.73. The van der Waals surface area contributed by atoms with E-state index >= 15 is 0 Å². The van der Waals surface area contributed by atoms with Gasteiger partial charge in [-0.15, -0.1) is 0 Å². The predicted molar refractivity (Wildman–Crippen MR) is 55.9 cm³/mol. The second-order valence-corrected chi connectivity index (χ2v) is 3.17. The number of rotatable bonds is 5. The molecule has 0 aliphatic heterocycles. The third-order valence-electron chi connectivity index (χ3n) is 1.97. The van der Waals surface area contributed by atoms with E-state index in [2.05, 4.69) is 0 Å². The number of ether oxygens (including phenoxy) is 1. The van der Waals surface area contributed by atoms with Crippen LogP contribution in [0.1, 0.15) is 30.1 Å². The Hall–Kier alpha value is -1.55. The second-order valence-electron chi connectivity index (χ2n) is 3.17. The van der Waals surface area contributed by atoms with Crippen molar-refractivity contribution in [1.29, 1.82) is 0 Å². The first-order valence-corrected chi connectivity index (χ1v) is 4.93. The summed E-state index contributed by atoms with van der Waals surface area (Å²) >= 11 is 0. The molecular formula is C11H14NO3. The number of unbranched alkanes of at least 4 members (excludes halogenated alkanes) is 1. The number of hydrogen-bond acceptors (Lipinski definition) is 3. The second kappa shape index (κ2) is 6.03. The van der Waals surface area contributed by atoms with Crippen molar-refractivity contribution in [3.63, 3.8) is 0 Å². The van der Waals surface area contributed by atoms with Crippen LogP contribution in [0.2, 0.25) is 0 Å². The summed E-state index contributed by atoms with van der Waals surface area (Å²) in [6.07, 6.45) is 1.86. The molecule has 4 nitrogen and oxygen atoms in total. The fraction of sp³-hybridized carbons (Fsp3) is 0.364. The Morgan fingerprint density at radius 1 is 1.33 bits per heavy atom. The maximum absolute atomic E-state index is 11.4. The summed E-state index contributed by atoms with van der Waals surface area (Å²) in [7, 11) is 0. The Bertz CT molecular complexity index is 308. The van der Waals surface area contributed by atoms with E-state index in [1.165, 1.54) is 0 Å². The summed E-state index contributed by atoms with van der Waals surface area (Å²) in [6.45, 7) is 2.47. The Labute approximate surface area is 88.8 Å². The van der Waals surface area contributed by atoms with Crippen molar-refractivity contribution in [3.8, 4) is 0 Å². The van der Waals surface area contributed by atoms with Crippen molar-refractivity contribution < 1.29 is 14.7 Å². The quantitative estimate of drug-likeness (QED) is 0.459. The van der Waals surface area contributed by atoms with Crippen molar-refractivity contribution in [2.75, 3.05) is 12.1 Å². The number of esters is 1. The SMILES string of the molecule is CCCCOC(=O)c1ccc(N[O])cc1. The smallest absolute Gasteiger partial charge is 0.338 e. The highest BCUT2D eigenvalue weighted by atomic mass is 16.5. The first-order valence-electron chi connectivity index (χ1n) is 4.93. The molecule has 0 aromatic heterocycles. The van der Waals surface area contributed by atoms with Crippen LogP contribution in [0.4, 0.5) is 5.69 Å². The third-order valence-corrected chi connectivity index (χ3v) is 1.97. The summed E-state index contributed by atoms with van der Waals surface area (Å²) in [6, 6.07) is 6.22. The minimum atomic E-state index is -0.346. The molecule has 1 aromatic carbocycles. The number of anilines is 1.